The number of ether oxygens (including phenoxy) is 2. The number of aromatic nitrogens is 4. The molecule has 4 amide bonds. The van der Waals surface area contributed by atoms with Gasteiger partial charge in [-0.05, 0) is 68.6 Å². The molecule has 17 heteroatoms. The number of likely N-dealkylation sites (tertiary alicyclic amines) is 2. The van der Waals surface area contributed by atoms with Gasteiger partial charge in [0, 0.05) is 49.6 Å². The molecule has 4 atom stereocenters. The summed E-state index contributed by atoms with van der Waals surface area (Å²) < 4.78 is 41.3. The maximum absolute atomic E-state index is 15.9. The maximum Gasteiger partial charge on any atom is 0.407 e. The molecule has 0 radical (unpaired) electrons. The van der Waals surface area contributed by atoms with E-state index in [4.69, 9.17) is 14.5 Å². The molecular weight excluding hydrogens is 777 g/mol. The van der Waals surface area contributed by atoms with Gasteiger partial charge in [0.2, 0.25) is 5.91 Å². The van der Waals surface area contributed by atoms with Crippen LogP contribution in [-0.4, -0.2) is 100 Å². The van der Waals surface area contributed by atoms with E-state index >= 15 is 8.78 Å². The van der Waals surface area contributed by atoms with Crippen LogP contribution in [-0.2, 0) is 19.1 Å². The standard InChI is InChI=1S/C43H53F2N9O6/c1-25(2)35(50-42(57)59-3)40(55)53-17-9-8-13-33(53)38-46-23-31(48-38)26-15-19-52(20-16-26)37-29(44)21-28(22-30(37)45)32-24-47-39(49-32)34-14-10-18-54(34)41(56)36(51-43(58)60-4)27-11-6-5-7-12-27/h5-7,11-12,21-26,33-36H,8-10,13-20H2,1-4H3,(H,46,48)(H,47,49)(H,50,57)(H,51,58). The highest BCUT2D eigenvalue weighted by atomic mass is 19.1. The van der Waals surface area contributed by atoms with E-state index in [0.29, 0.717) is 74.8 Å². The van der Waals surface area contributed by atoms with Crippen molar-refractivity contribution in [2.45, 2.75) is 88.9 Å². The lowest BCUT2D eigenvalue weighted by Crippen LogP contribution is -2.53. The number of hydrogen-bond acceptors (Lipinski definition) is 9. The molecule has 3 aliphatic rings. The number of halogens is 2. The van der Waals surface area contributed by atoms with Crippen LogP contribution in [0, 0.1) is 17.6 Å². The second-order valence-electron chi connectivity index (χ2n) is 16.0. The number of rotatable bonds is 11. The van der Waals surface area contributed by atoms with E-state index in [-0.39, 0.29) is 40.9 Å². The van der Waals surface area contributed by atoms with Crippen molar-refractivity contribution in [1.82, 2.24) is 40.4 Å². The van der Waals surface area contributed by atoms with Crippen LogP contribution in [0.5, 0.6) is 0 Å². The van der Waals surface area contributed by atoms with E-state index in [0.717, 1.165) is 25.0 Å². The number of nitrogens with zero attached hydrogens (tertiary/aromatic N) is 5. The lowest BCUT2D eigenvalue weighted by Gasteiger charge is -2.37. The molecule has 3 saturated heterocycles. The number of benzene rings is 2. The lowest BCUT2D eigenvalue weighted by molar-refractivity contribution is -0.138. The smallest absolute Gasteiger partial charge is 0.407 e. The summed E-state index contributed by atoms with van der Waals surface area (Å²) in [7, 11) is 2.51. The number of anilines is 1. The summed E-state index contributed by atoms with van der Waals surface area (Å²) in [5.74, 6) is -0.776. The van der Waals surface area contributed by atoms with Crippen LogP contribution in [0.15, 0.2) is 54.9 Å². The topological polar surface area (TPSA) is 178 Å². The molecule has 0 aliphatic carbocycles. The maximum atomic E-state index is 15.9. The molecule has 5 heterocycles. The van der Waals surface area contributed by atoms with Gasteiger partial charge in [0.1, 0.15) is 41.1 Å². The van der Waals surface area contributed by atoms with Crippen LogP contribution in [0.4, 0.5) is 24.1 Å². The molecule has 0 spiro atoms. The van der Waals surface area contributed by atoms with Crippen molar-refractivity contribution >= 4 is 29.7 Å². The fraction of sp³-hybridized carbons (Fsp3) is 0.488. The third kappa shape index (κ3) is 8.94. The summed E-state index contributed by atoms with van der Waals surface area (Å²) >= 11 is 0. The first kappa shape index (κ1) is 42.1. The number of imidazole rings is 2. The molecule has 4 unspecified atom stereocenters. The van der Waals surface area contributed by atoms with Gasteiger partial charge in [0.05, 0.1) is 38.2 Å². The lowest BCUT2D eigenvalue weighted by atomic mass is 9.93. The van der Waals surface area contributed by atoms with Crippen molar-refractivity contribution in [2.24, 2.45) is 5.92 Å². The zero-order chi connectivity index (χ0) is 42.5. The first-order chi connectivity index (χ1) is 29.0. The Bertz CT molecular complexity index is 2130. The Morgan fingerprint density at radius 1 is 0.750 bits per heavy atom. The second-order valence-corrected chi connectivity index (χ2v) is 16.0. The average molecular weight is 830 g/mol. The highest BCUT2D eigenvalue weighted by Gasteiger charge is 2.39. The SMILES string of the molecule is COC(=O)NC(C(=O)N1CCCC1c1ncc(-c2cc(F)c(N3CCC(c4cnc(C5CCCCN5C(=O)C(NC(=O)OC)C(C)C)[nH]4)CC3)c(F)c2)[nH]1)c1ccccc1. The van der Waals surface area contributed by atoms with Crippen LogP contribution in [0.2, 0.25) is 0 Å². The minimum atomic E-state index is -0.974. The fourth-order valence-electron chi connectivity index (χ4n) is 8.77. The van der Waals surface area contributed by atoms with Gasteiger partial charge in [-0.25, -0.2) is 28.3 Å². The van der Waals surface area contributed by atoms with Crippen LogP contribution in [0.3, 0.4) is 0 Å². The molecule has 4 N–H and O–H groups in total. The Labute approximate surface area is 347 Å². The Balaban J connectivity index is 1.00. The molecule has 2 aromatic carbocycles. The van der Waals surface area contributed by atoms with Crippen molar-refractivity contribution in [3.8, 4) is 11.3 Å². The second kappa shape index (κ2) is 18.5. The van der Waals surface area contributed by atoms with E-state index in [1.807, 2.05) is 19.9 Å². The Morgan fingerprint density at radius 2 is 1.35 bits per heavy atom. The van der Waals surface area contributed by atoms with Crippen LogP contribution in [0.1, 0.15) is 106 Å². The van der Waals surface area contributed by atoms with Crippen molar-refractivity contribution in [1.29, 1.82) is 0 Å². The highest BCUT2D eigenvalue weighted by molar-refractivity contribution is 5.88. The summed E-state index contributed by atoms with van der Waals surface area (Å²) in [6.07, 6.45) is 7.04. The van der Waals surface area contributed by atoms with E-state index in [2.05, 4.69) is 25.6 Å². The molecule has 7 rings (SSSR count). The van der Waals surface area contributed by atoms with Gasteiger partial charge in [0.15, 0.2) is 0 Å². The van der Waals surface area contributed by atoms with Gasteiger partial charge in [-0.1, -0.05) is 44.2 Å². The summed E-state index contributed by atoms with van der Waals surface area (Å²) in [5.41, 5.74) is 2.13. The number of piperidine rings is 2. The number of nitrogens with one attached hydrogen (secondary N) is 4. The van der Waals surface area contributed by atoms with Gasteiger partial charge in [-0.2, -0.15) is 0 Å². The molecule has 0 saturated carbocycles. The third-order valence-corrected chi connectivity index (χ3v) is 12.0. The molecule has 0 bridgehead atoms. The monoisotopic (exact) mass is 829 g/mol. The normalized spacial score (nSPS) is 19.6. The van der Waals surface area contributed by atoms with Crippen molar-refractivity contribution in [3.05, 3.63) is 89.4 Å². The zero-order valence-electron chi connectivity index (χ0n) is 34.4. The molecular formula is C43H53F2N9O6. The molecule has 60 heavy (non-hydrogen) atoms. The molecule has 2 aromatic heterocycles. The Kier molecular flexibility index (Phi) is 13.0. The summed E-state index contributed by atoms with van der Waals surface area (Å²) in [6.45, 7) is 5.59. The Morgan fingerprint density at radius 3 is 2.02 bits per heavy atom. The first-order valence-electron chi connectivity index (χ1n) is 20.7. The van der Waals surface area contributed by atoms with Crippen molar-refractivity contribution in [3.63, 3.8) is 0 Å². The van der Waals surface area contributed by atoms with Gasteiger partial charge in [0.25, 0.3) is 5.91 Å². The van der Waals surface area contributed by atoms with Crippen LogP contribution >= 0.6 is 0 Å². The number of alkyl carbamates (subject to hydrolysis) is 2. The number of carbonyl (C=O) groups is 4. The summed E-state index contributed by atoms with van der Waals surface area (Å²) in [4.78, 5) is 72.9. The van der Waals surface area contributed by atoms with Gasteiger partial charge in [-0.3, -0.25) is 9.59 Å². The number of methoxy groups -OCH3 is 2. The molecule has 4 aromatic rings. The predicted octanol–water partition coefficient (Wildman–Crippen LogP) is 6.66. The van der Waals surface area contributed by atoms with Crippen LogP contribution < -0.4 is 15.5 Å². The first-order valence-corrected chi connectivity index (χ1v) is 20.7. The van der Waals surface area contributed by atoms with Gasteiger partial charge < -0.3 is 44.8 Å². The molecule has 3 aliphatic heterocycles. The quantitative estimate of drug-likeness (QED) is 0.129. The van der Waals surface area contributed by atoms with Crippen LogP contribution in [0.25, 0.3) is 11.3 Å². The number of H-pyrrole nitrogens is 2. The van der Waals surface area contributed by atoms with Crippen molar-refractivity contribution < 1.29 is 37.4 Å². The third-order valence-electron chi connectivity index (χ3n) is 12.0. The predicted molar refractivity (Wildman–Crippen MR) is 218 cm³/mol. The Hall–Kier alpha value is -6.00. The van der Waals surface area contributed by atoms with E-state index < -0.39 is 41.9 Å². The van der Waals surface area contributed by atoms with E-state index in [9.17, 15) is 19.2 Å². The van der Waals surface area contributed by atoms with E-state index in [1.54, 1.807) is 45.2 Å². The number of amides is 4. The summed E-state index contributed by atoms with van der Waals surface area (Å²) in [6, 6.07) is 9.09. The number of aromatic amines is 2. The van der Waals surface area contributed by atoms with Gasteiger partial charge >= 0.3 is 12.2 Å². The number of carbonyl (C=O) groups excluding carboxylic acids is 4. The average Bonchev–Trinajstić information content (AvgIpc) is 4.06. The molecule has 320 valence electrons. The van der Waals surface area contributed by atoms with E-state index in [1.165, 1.54) is 32.5 Å². The zero-order valence-corrected chi connectivity index (χ0v) is 34.4. The highest BCUT2D eigenvalue weighted by Crippen LogP contribution is 2.38. The minimum Gasteiger partial charge on any atom is -0.453 e. The fourth-order valence-corrected chi connectivity index (χ4v) is 8.77. The van der Waals surface area contributed by atoms with Crippen molar-refractivity contribution in [2.75, 3.05) is 45.3 Å². The summed E-state index contributed by atoms with van der Waals surface area (Å²) in [5, 5.41) is 5.34. The largest absolute Gasteiger partial charge is 0.453 e. The number of hydrogen-bond donors (Lipinski definition) is 4. The van der Waals surface area contributed by atoms with Gasteiger partial charge in [-0.15, -0.1) is 0 Å². The molecule has 15 nitrogen and oxygen atoms in total. The minimum absolute atomic E-state index is 0.0784. The molecule has 3 fully saturated rings.